The average molecular weight is 265 g/mol. The number of rotatable bonds is 5. The number of methoxy groups -OCH3 is 1. The van der Waals surface area contributed by atoms with Crippen molar-refractivity contribution < 1.29 is 9.13 Å². The van der Waals surface area contributed by atoms with Gasteiger partial charge in [-0.15, -0.1) is 0 Å². The zero-order valence-corrected chi connectivity index (χ0v) is 11.2. The molecule has 1 heterocycles. The van der Waals surface area contributed by atoms with Crippen LogP contribution in [0.1, 0.15) is 24.8 Å². The fourth-order valence-electron chi connectivity index (χ4n) is 2.40. The molecule has 2 rings (SSSR count). The Balaban J connectivity index is 2.05. The van der Waals surface area contributed by atoms with Crippen molar-refractivity contribution in [2.75, 3.05) is 32.5 Å². The Labute approximate surface area is 112 Å². The summed E-state index contributed by atoms with van der Waals surface area (Å²) in [6.07, 6.45) is 3.10. The van der Waals surface area contributed by atoms with Gasteiger partial charge in [0.05, 0.1) is 7.11 Å². The molecule has 0 bridgehead atoms. The van der Waals surface area contributed by atoms with Crippen LogP contribution >= 0.6 is 0 Å². The maximum Gasteiger partial charge on any atom is 0.167 e. The highest BCUT2D eigenvalue weighted by Crippen LogP contribution is 2.25. The highest BCUT2D eigenvalue weighted by molar-refractivity contribution is 6.03. The molecule has 1 aliphatic heterocycles. The van der Waals surface area contributed by atoms with Crippen LogP contribution in [0.2, 0.25) is 0 Å². The summed E-state index contributed by atoms with van der Waals surface area (Å²) < 4.78 is 18.4. The third-order valence-corrected chi connectivity index (χ3v) is 3.53. The first-order chi connectivity index (χ1) is 9.11. The van der Waals surface area contributed by atoms with E-state index in [-0.39, 0.29) is 5.75 Å². The molecule has 104 valence electrons. The average Bonchev–Trinajstić information content (AvgIpc) is 2.89. The SMILES string of the molecule is COc1cc(C(=N)CCN2CCCC2)c(N)cc1F. The zero-order valence-electron chi connectivity index (χ0n) is 11.2. The smallest absolute Gasteiger partial charge is 0.167 e. The summed E-state index contributed by atoms with van der Waals surface area (Å²) in [4.78, 5) is 2.34. The van der Waals surface area contributed by atoms with Crippen LogP contribution in [0.25, 0.3) is 0 Å². The largest absolute Gasteiger partial charge is 0.494 e. The van der Waals surface area contributed by atoms with E-state index in [1.165, 1.54) is 32.1 Å². The highest BCUT2D eigenvalue weighted by Gasteiger charge is 2.15. The number of hydrogen-bond acceptors (Lipinski definition) is 4. The van der Waals surface area contributed by atoms with E-state index in [2.05, 4.69) is 4.90 Å². The molecule has 0 saturated carbocycles. The van der Waals surface area contributed by atoms with Crippen LogP contribution in [0.15, 0.2) is 12.1 Å². The van der Waals surface area contributed by atoms with Gasteiger partial charge in [-0.3, -0.25) is 0 Å². The molecule has 1 saturated heterocycles. The molecular weight excluding hydrogens is 245 g/mol. The molecule has 0 unspecified atom stereocenters. The molecule has 1 aliphatic rings. The minimum Gasteiger partial charge on any atom is -0.494 e. The summed E-state index contributed by atoms with van der Waals surface area (Å²) >= 11 is 0. The Hall–Kier alpha value is -1.62. The van der Waals surface area contributed by atoms with E-state index in [9.17, 15) is 4.39 Å². The highest BCUT2D eigenvalue weighted by atomic mass is 19.1. The lowest BCUT2D eigenvalue weighted by molar-refractivity contribution is 0.349. The molecule has 0 aromatic heterocycles. The normalized spacial score (nSPS) is 15.7. The number of nitrogens with zero attached hydrogens (tertiary/aromatic N) is 1. The first-order valence-corrected chi connectivity index (χ1v) is 6.55. The van der Waals surface area contributed by atoms with E-state index in [1.807, 2.05) is 0 Å². The molecule has 0 aliphatic carbocycles. The lowest BCUT2D eigenvalue weighted by Gasteiger charge is -2.16. The van der Waals surface area contributed by atoms with Gasteiger partial charge < -0.3 is 20.8 Å². The van der Waals surface area contributed by atoms with E-state index >= 15 is 0 Å². The number of ether oxygens (including phenoxy) is 1. The van der Waals surface area contributed by atoms with Crippen molar-refractivity contribution in [2.45, 2.75) is 19.3 Å². The molecule has 0 radical (unpaired) electrons. The van der Waals surface area contributed by atoms with Crippen LogP contribution in [-0.4, -0.2) is 37.4 Å². The Morgan fingerprint density at radius 2 is 2.11 bits per heavy atom. The van der Waals surface area contributed by atoms with Crippen LogP contribution in [-0.2, 0) is 0 Å². The molecule has 3 N–H and O–H groups in total. The fraction of sp³-hybridized carbons (Fsp3) is 0.500. The molecule has 0 spiro atoms. The van der Waals surface area contributed by atoms with Gasteiger partial charge in [0.25, 0.3) is 0 Å². The lowest BCUT2D eigenvalue weighted by atomic mass is 10.0. The van der Waals surface area contributed by atoms with Crippen molar-refractivity contribution in [1.82, 2.24) is 4.90 Å². The van der Waals surface area contributed by atoms with Crippen molar-refractivity contribution in [3.05, 3.63) is 23.5 Å². The second-order valence-corrected chi connectivity index (χ2v) is 4.85. The molecule has 0 amide bonds. The number of nitrogen functional groups attached to an aromatic ring is 1. The Kier molecular flexibility index (Phi) is 4.37. The van der Waals surface area contributed by atoms with Crippen molar-refractivity contribution >= 4 is 11.4 Å². The minimum absolute atomic E-state index is 0.134. The Morgan fingerprint density at radius 3 is 2.74 bits per heavy atom. The molecule has 1 aromatic carbocycles. The van der Waals surface area contributed by atoms with Crippen LogP contribution in [0, 0.1) is 11.2 Å². The fourth-order valence-corrected chi connectivity index (χ4v) is 2.40. The molecule has 19 heavy (non-hydrogen) atoms. The molecule has 5 heteroatoms. The van der Waals surface area contributed by atoms with Crippen LogP contribution in [0.3, 0.4) is 0 Å². The van der Waals surface area contributed by atoms with Crippen molar-refractivity contribution in [1.29, 1.82) is 5.41 Å². The van der Waals surface area contributed by atoms with Crippen LogP contribution in [0.4, 0.5) is 10.1 Å². The summed E-state index contributed by atoms with van der Waals surface area (Å²) in [5.41, 5.74) is 7.08. The van der Waals surface area contributed by atoms with Gasteiger partial charge in [0, 0.05) is 36.0 Å². The molecule has 1 fully saturated rings. The van der Waals surface area contributed by atoms with E-state index in [4.69, 9.17) is 15.9 Å². The van der Waals surface area contributed by atoms with Gasteiger partial charge >= 0.3 is 0 Å². The first kappa shape index (κ1) is 13.8. The van der Waals surface area contributed by atoms with Crippen LogP contribution < -0.4 is 10.5 Å². The van der Waals surface area contributed by atoms with Gasteiger partial charge in [0.2, 0.25) is 0 Å². The number of benzene rings is 1. The van der Waals surface area contributed by atoms with Gasteiger partial charge in [-0.2, -0.15) is 0 Å². The van der Waals surface area contributed by atoms with Gasteiger partial charge in [0.15, 0.2) is 11.6 Å². The Morgan fingerprint density at radius 1 is 1.42 bits per heavy atom. The molecule has 1 aromatic rings. The molecule has 0 atom stereocenters. The number of hydrogen-bond donors (Lipinski definition) is 2. The van der Waals surface area contributed by atoms with Gasteiger partial charge in [-0.05, 0) is 32.0 Å². The monoisotopic (exact) mass is 265 g/mol. The zero-order chi connectivity index (χ0) is 13.8. The summed E-state index contributed by atoms with van der Waals surface area (Å²) in [7, 11) is 1.41. The summed E-state index contributed by atoms with van der Waals surface area (Å²) in [6.45, 7) is 3.07. The van der Waals surface area contributed by atoms with E-state index in [1.54, 1.807) is 0 Å². The number of nitrogens with two attached hydrogens (primary N) is 1. The topological polar surface area (TPSA) is 62.3 Å². The predicted molar refractivity (Wildman–Crippen MR) is 74.5 cm³/mol. The molecular formula is C14H20FN3O. The molecule has 4 nitrogen and oxygen atoms in total. The van der Waals surface area contributed by atoms with E-state index < -0.39 is 5.82 Å². The second-order valence-electron chi connectivity index (χ2n) is 4.85. The maximum absolute atomic E-state index is 13.4. The lowest BCUT2D eigenvalue weighted by Crippen LogP contribution is -2.23. The van der Waals surface area contributed by atoms with Crippen molar-refractivity contribution in [3.8, 4) is 5.75 Å². The predicted octanol–water partition coefficient (Wildman–Crippen LogP) is 2.27. The van der Waals surface area contributed by atoms with Crippen LogP contribution in [0.5, 0.6) is 5.75 Å². The van der Waals surface area contributed by atoms with Gasteiger partial charge in [0.1, 0.15) is 0 Å². The number of anilines is 1. The van der Waals surface area contributed by atoms with E-state index in [0.717, 1.165) is 19.6 Å². The van der Waals surface area contributed by atoms with Gasteiger partial charge in [-0.25, -0.2) is 4.39 Å². The van der Waals surface area contributed by atoms with E-state index in [0.29, 0.717) is 23.4 Å². The summed E-state index contributed by atoms with van der Waals surface area (Å²) in [6, 6.07) is 2.73. The number of likely N-dealkylation sites (tertiary alicyclic amines) is 1. The third-order valence-electron chi connectivity index (χ3n) is 3.53. The number of nitrogens with one attached hydrogen (secondary N) is 1. The maximum atomic E-state index is 13.4. The van der Waals surface area contributed by atoms with Gasteiger partial charge in [-0.1, -0.05) is 0 Å². The van der Waals surface area contributed by atoms with Crippen molar-refractivity contribution in [2.24, 2.45) is 0 Å². The minimum atomic E-state index is -0.490. The number of halogens is 1. The quantitative estimate of drug-likeness (QED) is 0.634. The standard InChI is InChI=1S/C14H20FN3O/c1-19-14-8-10(13(17)9-11(14)15)12(16)4-7-18-5-2-3-6-18/h8-9,16H,2-7,17H2,1H3. The first-order valence-electron chi connectivity index (χ1n) is 6.55. The second kappa shape index (κ2) is 6.02. The Bertz CT molecular complexity index is 470. The third kappa shape index (κ3) is 3.23. The summed E-state index contributed by atoms with van der Waals surface area (Å²) in [5, 5.41) is 8.09. The van der Waals surface area contributed by atoms with Crippen molar-refractivity contribution in [3.63, 3.8) is 0 Å². The summed E-state index contributed by atoms with van der Waals surface area (Å²) in [5.74, 6) is -0.355.